The number of aromatic nitrogens is 11. The Balaban J connectivity index is 0.000000175. The highest BCUT2D eigenvalue weighted by atomic mass is 32.1. The van der Waals surface area contributed by atoms with Gasteiger partial charge in [0, 0.05) is 60.2 Å². The molecule has 8 aromatic rings. The molecule has 0 unspecified atom stereocenters. The number of rotatable bonds is 11. The summed E-state index contributed by atoms with van der Waals surface area (Å²) in [5.74, 6) is 1.63. The molecule has 0 saturated carbocycles. The van der Waals surface area contributed by atoms with Crippen molar-refractivity contribution in [3.63, 3.8) is 0 Å². The third-order valence-electron chi connectivity index (χ3n) is 9.27. The number of halogens is 3. The van der Waals surface area contributed by atoms with Crippen LogP contribution >= 0.6 is 22.7 Å². The van der Waals surface area contributed by atoms with Crippen LogP contribution in [0, 0.1) is 13.8 Å². The van der Waals surface area contributed by atoms with Gasteiger partial charge in [0.1, 0.15) is 11.5 Å². The topological polar surface area (TPSA) is 131 Å². The van der Waals surface area contributed by atoms with Crippen molar-refractivity contribution in [3.8, 4) is 22.4 Å². The molecule has 0 N–H and O–H groups in total. The Hall–Kier alpha value is -5.88. The first-order chi connectivity index (χ1) is 27.5. The predicted octanol–water partition coefficient (Wildman–Crippen LogP) is 6.70. The summed E-state index contributed by atoms with van der Waals surface area (Å²) in [6, 6.07) is 13.6. The maximum atomic E-state index is 13.7. The highest BCUT2D eigenvalue weighted by molar-refractivity contribution is 7.16. The summed E-state index contributed by atoms with van der Waals surface area (Å²) in [7, 11) is 2.15. The van der Waals surface area contributed by atoms with Crippen LogP contribution in [-0.2, 0) is 6.18 Å². The summed E-state index contributed by atoms with van der Waals surface area (Å²) >= 11 is 3.04. The third kappa shape index (κ3) is 8.18. The SMILES string of the molecule is CCCCN(C)c1ccc(C=c2c(C)nn3c(-c4ccccn4)nnc23)s1.CCN(CC)c1ccc(C=c2c(C(F)(F)F)nn3c(-c4nccs4)nnc23)c(C)n1. The first kappa shape index (κ1) is 39.4. The molecule has 0 amide bonds. The summed E-state index contributed by atoms with van der Waals surface area (Å²) in [4.78, 5) is 18.6. The number of pyridine rings is 2. The highest BCUT2D eigenvalue weighted by Gasteiger charge is 2.37. The molecular weight excluding hydrogens is 772 g/mol. The van der Waals surface area contributed by atoms with Gasteiger partial charge >= 0.3 is 6.18 Å². The lowest BCUT2D eigenvalue weighted by molar-refractivity contribution is -0.142. The molecule has 8 rings (SSSR count). The standard InChI is InChI=1S/C20H22N6S.C19H18F3N7S/c1-4-5-12-25(3)18-10-9-15(27-18)13-16-14(2)24-26-19(16)22-23-20(26)17-8-6-7-11-21-17;1-4-28(5-2)14-7-6-12(11(3)24-14)10-13-15(19(20,21)22)27-29-16(13)25-26-17(29)18-23-8-9-30-18/h6-11,13H,4-5,12H2,1-3H3;6-10H,4-5H2,1-3H3. The van der Waals surface area contributed by atoms with E-state index in [1.807, 2.05) is 39.0 Å². The minimum absolute atomic E-state index is 0.0275. The second-order valence-electron chi connectivity index (χ2n) is 13.1. The largest absolute Gasteiger partial charge is 0.435 e. The van der Waals surface area contributed by atoms with Crippen molar-refractivity contribution in [1.29, 1.82) is 0 Å². The molecule has 0 aromatic carbocycles. The van der Waals surface area contributed by atoms with Crippen molar-refractivity contribution in [2.45, 2.75) is 53.6 Å². The lowest BCUT2D eigenvalue weighted by atomic mass is 10.1. The van der Waals surface area contributed by atoms with Crippen LogP contribution in [-0.4, -0.2) is 81.3 Å². The quantitative estimate of drug-likeness (QED) is 0.138. The van der Waals surface area contributed by atoms with Crippen LogP contribution < -0.4 is 20.2 Å². The normalized spacial score (nSPS) is 12.5. The van der Waals surface area contributed by atoms with Crippen LogP contribution in [0.3, 0.4) is 0 Å². The van der Waals surface area contributed by atoms with Crippen LogP contribution in [0.2, 0.25) is 0 Å². The first-order valence-electron chi connectivity index (χ1n) is 18.4. The molecule has 0 aliphatic rings. The van der Waals surface area contributed by atoms with Gasteiger partial charge in [-0.2, -0.15) is 32.4 Å². The average molecular weight is 812 g/mol. The van der Waals surface area contributed by atoms with E-state index in [1.54, 1.807) is 52.7 Å². The summed E-state index contributed by atoms with van der Waals surface area (Å²) in [5, 5.41) is 29.3. The van der Waals surface area contributed by atoms with Crippen molar-refractivity contribution in [2.75, 3.05) is 36.5 Å². The Bertz CT molecular complexity index is 2700. The van der Waals surface area contributed by atoms with E-state index in [4.69, 9.17) is 0 Å². The van der Waals surface area contributed by atoms with Gasteiger partial charge in [0.05, 0.1) is 15.9 Å². The van der Waals surface area contributed by atoms with Gasteiger partial charge in [0.2, 0.25) is 11.6 Å². The molecule has 0 fully saturated rings. The zero-order valence-electron chi connectivity index (χ0n) is 32.2. The van der Waals surface area contributed by atoms with E-state index in [1.165, 1.54) is 40.1 Å². The number of thiazole rings is 1. The molecule has 0 saturated heterocycles. The number of anilines is 2. The van der Waals surface area contributed by atoms with Crippen molar-refractivity contribution in [2.24, 2.45) is 0 Å². The van der Waals surface area contributed by atoms with Crippen LogP contribution in [0.15, 0.2) is 60.2 Å². The van der Waals surface area contributed by atoms with Crippen LogP contribution in [0.4, 0.5) is 24.0 Å². The fourth-order valence-electron chi connectivity index (χ4n) is 6.21. The zero-order valence-corrected chi connectivity index (χ0v) is 33.9. The predicted molar refractivity (Wildman–Crippen MR) is 218 cm³/mol. The molecule has 0 aliphatic heterocycles. The van der Waals surface area contributed by atoms with E-state index in [0.29, 0.717) is 22.1 Å². The van der Waals surface area contributed by atoms with Gasteiger partial charge in [0.15, 0.2) is 22.0 Å². The molecule has 294 valence electrons. The van der Waals surface area contributed by atoms with Gasteiger partial charge in [-0.3, -0.25) is 4.98 Å². The number of aryl methyl sites for hydroxylation is 2. The molecule has 13 nitrogen and oxygen atoms in total. The Labute approximate surface area is 334 Å². The highest BCUT2D eigenvalue weighted by Crippen LogP contribution is 2.29. The van der Waals surface area contributed by atoms with Crippen LogP contribution in [0.1, 0.15) is 61.1 Å². The lowest BCUT2D eigenvalue weighted by Crippen LogP contribution is -2.23. The molecule has 0 aliphatic carbocycles. The monoisotopic (exact) mass is 811 g/mol. The minimum atomic E-state index is -4.64. The molecular formula is C39H40F3N13S2. The second-order valence-corrected chi connectivity index (χ2v) is 15.1. The molecule has 8 aromatic heterocycles. The summed E-state index contributed by atoms with van der Waals surface area (Å²) in [6.07, 6.45) is 4.63. The Morgan fingerprint density at radius 3 is 2.21 bits per heavy atom. The molecule has 0 spiro atoms. The number of unbranched alkanes of at least 4 members (excludes halogenated alkanes) is 1. The number of hydrogen-bond donors (Lipinski definition) is 0. The van der Waals surface area contributed by atoms with Crippen molar-refractivity contribution in [3.05, 3.63) is 98.2 Å². The van der Waals surface area contributed by atoms with E-state index in [0.717, 1.165) is 52.2 Å². The van der Waals surface area contributed by atoms with Gasteiger partial charge in [0.25, 0.3) is 0 Å². The average Bonchev–Trinajstić information content (AvgIpc) is 4.05. The Morgan fingerprint density at radius 2 is 1.54 bits per heavy atom. The van der Waals surface area contributed by atoms with Gasteiger partial charge in [-0.05, 0) is 88.2 Å². The summed E-state index contributed by atoms with van der Waals surface area (Å²) in [5.41, 5.74) is 2.66. The number of alkyl halides is 3. The van der Waals surface area contributed by atoms with Gasteiger partial charge < -0.3 is 9.80 Å². The van der Waals surface area contributed by atoms with Crippen molar-refractivity contribution < 1.29 is 13.2 Å². The van der Waals surface area contributed by atoms with Gasteiger partial charge in [-0.15, -0.1) is 43.1 Å². The van der Waals surface area contributed by atoms with E-state index in [2.05, 4.69) is 87.5 Å². The van der Waals surface area contributed by atoms with Crippen molar-refractivity contribution >= 4 is 56.9 Å². The third-order valence-corrected chi connectivity index (χ3v) is 11.2. The van der Waals surface area contributed by atoms with Gasteiger partial charge in [-0.25, -0.2) is 9.97 Å². The maximum absolute atomic E-state index is 13.7. The number of hydrogen-bond acceptors (Lipinski definition) is 13. The van der Waals surface area contributed by atoms with Crippen LogP contribution in [0.25, 0.3) is 45.8 Å². The fourth-order valence-corrected chi connectivity index (χ4v) is 7.75. The number of fused-ring (bicyclic) bond motifs is 2. The fraction of sp³-hybridized carbons (Fsp3) is 0.308. The number of nitrogens with zero attached hydrogens (tertiary/aromatic N) is 13. The molecule has 0 radical (unpaired) electrons. The van der Waals surface area contributed by atoms with Crippen LogP contribution in [0.5, 0.6) is 0 Å². The number of thiophene rings is 1. The van der Waals surface area contributed by atoms with E-state index in [-0.39, 0.29) is 16.7 Å². The lowest BCUT2D eigenvalue weighted by Gasteiger charge is -2.20. The first-order valence-corrected chi connectivity index (χ1v) is 20.1. The van der Waals surface area contributed by atoms with Gasteiger partial charge in [-0.1, -0.05) is 19.4 Å². The smallest absolute Gasteiger partial charge is 0.367 e. The van der Waals surface area contributed by atoms with E-state index in [9.17, 15) is 13.2 Å². The summed E-state index contributed by atoms with van der Waals surface area (Å²) in [6.45, 7) is 12.7. The summed E-state index contributed by atoms with van der Waals surface area (Å²) < 4.78 is 44.1. The zero-order chi connectivity index (χ0) is 40.3. The molecule has 0 bridgehead atoms. The molecule has 18 heteroatoms. The molecule has 57 heavy (non-hydrogen) atoms. The van der Waals surface area contributed by atoms with E-state index < -0.39 is 11.9 Å². The van der Waals surface area contributed by atoms with E-state index >= 15 is 0 Å². The Morgan fingerprint density at radius 1 is 0.789 bits per heavy atom. The minimum Gasteiger partial charge on any atom is -0.367 e. The Kier molecular flexibility index (Phi) is 11.5. The second kappa shape index (κ2) is 16.7. The molecule has 0 atom stereocenters. The van der Waals surface area contributed by atoms with Crippen molar-refractivity contribution in [1.82, 2.24) is 54.6 Å². The maximum Gasteiger partial charge on any atom is 0.435 e. The molecule has 8 heterocycles.